The van der Waals surface area contributed by atoms with Gasteiger partial charge in [0.25, 0.3) is 5.91 Å². The second-order valence-electron chi connectivity index (χ2n) is 6.28. The van der Waals surface area contributed by atoms with Gasteiger partial charge in [-0.3, -0.25) is 4.79 Å². The van der Waals surface area contributed by atoms with Crippen LogP contribution in [0.5, 0.6) is 5.75 Å². The number of benzene rings is 2. The van der Waals surface area contributed by atoms with Crippen LogP contribution >= 0.6 is 11.6 Å². The number of rotatable bonds is 4. The molecule has 2 aromatic rings. The summed E-state index contributed by atoms with van der Waals surface area (Å²) in [5.41, 5.74) is 1.92. The highest BCUT2D eigenvalue weighted by Crippen LogP contribution is 2.20. The maximum atomic E-state index is 12.3. The van der Waals surface area contributed by atoms with E-state index in [9.17, 15) is 9.90 Å². The van der Waals surface area contributed by atoms with E-state index in [-0.39, 0.29) is 11.7 Å². The van der Waals surface area contributed by atoms with Crippen molar-refractivity contribution in [2.45, 2.75) is 0 Å². The van der Waals surface area contributed by atoms with E-state index in [0.717, 1.165) is 31.9 Å². The van der Waals surface area contributed by atoms with Gasteiger partial charge in [-0.25, -0.2) is 0 Å². The van der Waals surface area contributed by atoms with E-state index in [1.165, 1.54) is 4.90 Å². The van der Waals surface area contributed by atoms with Crippen molar-refractivity contribution in [2.24, 2.45) is 0 Å². The molecule has 3 rings (SSSR count). The smallest absolute Gasteiger partial charge is 0.279 e. The van der Waals surface area contributed by atoms with Crippen molar-refractivity contribution >= 4 is 28.9 Å². The summed E-state index contributed by atoms with van der Waals surface area (Å²) in [7, 11) is 0. The first kappa shape index (κ1) is 18.1. The van der Waals surface area contributed by atoms with E-state index in [1.54, 1.807) is 30.3 Å². The van der Waals surface area contributed by atoms with Crippen molar-refractivity contribution in [3.63, 3.8) is 0 Å². The number of hydrogen-bond donors (Lipinski definition) is 3. The van der Waals surface area contributed by atoms with Crippen molar-refractivity contribution in [2.75, 3.05) is 42.9 Å². The van der Waals surface area contributed by atoms with Gasteiger partial charge in [0.2, 0.25) is 0 Å². The van der Waals surface area contributed by atoms with Crippen LogP contribution in [0.4, 0.5) is 11.4 Å². The Labute approximate surface area is 157 Å². The van der Waals surface area contributed by atoms with Gasteiger partial charge >= 0.3 is 0 Å². The van der Waals surface area contributed by atoms with Crippen LogP contribution in [0.3, 0.4) is 0 Å². The third-order valence-corrected chi connectivity index (χ3v) is 4.71. The molecule has 1 fully saturated rings. The fourth-order valence-electron chi connectivity index (χ4n) is 3.06. The molecule has 2 aromatic carbocycles. The molecule has 0 aromatic heterocycles. The van der Waals surface area contributed by atoms with Crippen LogP contribution in [0, 0.1) is 11.3 Å². The van der Waals surface area contributed by atoms with E-state index in [4.69, 9.17) is 16.9 Å². The number of anilines is 2. The molecule has 3 N–H and O–H groups in total. The minimum absolute atomic E-state index is 0.128. The van der Waals surface area contributed by atoms with E-state index in [2.05, 4.69) is 16.3 Å². The minimum atomic E-state index is -0.128. The predicted octanol–water partition coefficient (Wildman–Crippen LogP) is 1.26. The summed E-state index contributed by atoms with van der Waals surface area (Å²) < 4.78 is 0. The van der Waals surface area contributed by atoms with Crippen LogP contribution < -0.4 is 15.1 Å². The number of carbonyl (C=O) groups excluding carboxylic acids is 1. The average molecular weight is 372 g/mol. The van der Waals surface area contributed by atoms with Crippen LogP contribution in [-0.2, 0) is 4.79 Å². The molecule has 1 aliphatic heterocycles. The quantitative estimate of drug-likeness (QED) is 0.756. The lowest BCUT2D eigenvalue weighted by Crippen LogP contribution is -3.15. The molecule has 0 unspecified atom stereocenters. The molecule has 0 spiro atoms. The number of piperazine rings is 1. The molecule has 0 radical (unpaired) electrons. The van der Waals surface area contributed by atoms with Crippen molar-refractivity contribution in [3.05, 3.63) is 53.1 Å². The Morgan fingerprint density at radius 3 is 2.58 bits per heavy atom. The number of amides is 1. The first-order valence-electron chi connectivity index (χ1n) is 8.42. The molecule has 1 saturated heterocycles. The zero-order valence-electron chi connectivity index (χ0n) is 14.2. The van der Waals surface area contributed by atoms with Gasteiger partial charge in [-0.2, -0.15) is 5.26 Å². The Morgan fingerprint density at radius 1 is 1.23 bits per heavy atom. The number of nitriles is 1. The number of hydrogen-bond acceptors (Lipinski definition) is 4. The predicted molar refractivity (Wildman–Crippen MR) is 101 cm³/mol. The lowest BCUT2D eigenvalue weighted by molar-refractivity contribution is -0.892. The Balaban J connectivity index is 1.53. The third kappa shape index (κ3) is 4.45. The molecule has 0 aliphatic carbocycles. The number of phenolic OH excluding ortho intramolecular Hbond substituents is 1. The van der Waals surface area contributed by atoms with E-state index in [1.807, 2.05) is 12.1 Å². The highest BCUT2D eigenvalue weighted by molar-refractivity contribution is 6.31. The second kappa shape index (κ2) is 8.09. The summed E-state index contributed by atoms with van der Waals surface area (Å²) in [5.74, 6) is 0.129. The van der Waals surface area contributed by atoms with Crippen molar-refractivity contribution in [1.29, 1.82) is 5.26 Å². The van der Waals surface area contributed by atoms with Crippen LogP contribution in [0.2, 0.25) is 5.02 Å². The van der Waals surface area contributed by atoms with Gasteiger partial charge in [-0.05, 0) is 42.5 Å². The first-order chi connectivity index (χ1) is 12.5. The average Bonchev–Trinajstić information content (AvgIpc) is 2.63. The van der Waals surface area contributed by atoms with Crippen LogP contribution in [0.1, 0.15) is 5.56 Å². The van der Waals surface area contributed by atoms with E-state index >= 15 is 0 Å². The molecule has 134 valence electrons. The van der Waals surface area contributed by atoms with Gasteiger partial charge in [0, 0.05) is 10.7 Å². The zero-order chi connectivity index (χ0) is 18.5. The Kier molecular flexibility index (Phi) is 5.61. The number of aromatic hydroxyl groups is 1. The van der Waals surface area contributed by atoms with Crippen molar-refractivity contribution in [3.8, 4) is 11.8 Å². The third-order valence-electron chi connectivity index (χ3n) is 4.47. The Bertz CT molecular complexity index is 824. The Hall–Kier alpha value is -2.75. The molecule has 1 heterocycles. The van der Waals surface area contributed by atoms with Gasteiger partial charge in [0.05, 0.1) is 37.4 Å². The molecule has 0 atom stereocenters. The van der Waals surface area contributed by atoms with Crippen LogP contribution in [0.25, 0.3) is 0 Å². The van der Waals surface area contributed by atoms with Crippen molar-refractivity contribution < 1.29 is 14.8 Å². The molecule has 1 amide bonds. The summed E-state index contributed by atoms with van der Waals surface area (Å²) in [6, 6.07) is 14.0. The van der Waals surface area contributed by atoms with Crippen LogP contribution in [0.15, 0.2) is 42.5 Å². The zero-order valence-corrected chi connectivity index (χ0v) is 15.0. The lowest BCUT2D eigenvalue weighted by atomic mass is 10.2. The van der Waals surface area contributed by atoms with Gasteiger partial charge in [-0.15, -0.1) is 0 Å². The molecular weight excluding hydrogens is 352 g/mol. The molecule has 1 aliphatic rings. The maximum Gasteiger partial charge on any atom is 0.279 e. The summed E-state index contributed by atoms with van der Waals surface area (Å²) in [5, 5.41) is 21.8. The molecule has 0 bridgehead atoms. The lowest BCUT2D eigenvalue weighted by Gasteiger charge is -2.33. The number of nitrogens with zero attached hydrogens (tertiary/aromatic N) is 2. The summed E-state index contributed by atoms with van der Waals surface area (Å²) in [6.45, 7) is 3.71. The fourth-order valence-corrected chi connectivity index (χ4v) is 3.23. The molecule has 0 saturated carbocycles. The van der Waals surface area contributed by atoms with Gasteiger partial charge < -0.3 is 20.2 Å². The molecule has 7 heteroatoms. The summed E-state index contributed by atoms with van der Waals surface area (Å²) in [6.07, 6.45) is 0. The van der Waals surface area contributed by atoms with Gasteiger partial charge in [0.1, 0.15) is 11.8 Å². The standard InChI is InChI=1S/C19H19ClN4O2/c20-15-2-1-14(12-21)18(11-15)22-19(26)13-23-7-9-24(10-8-23)16-3-5-17(25)6-4-16/h1-6,11,25H,7-10,13H2,(H,22,26)/p+1. The van der Waals surface area contributed by atoms with E-state index in [0.29, 0.717) is 22.8 Å². The topological polar surface area (TPSA) is 80.8 Å². The molecule has 26 heavy (non-hydrogen) atoms. The largest absolute Gasteiger partial charge is 0.508 e. The highest BCUT2D eigenvalue weighted by atomic mass is 35.5. The summed E-state index contributed by atoms with van der Waals surface area (Å²) >= 11 is 5.95. The van der Waals surface area contributed by atoms with Gasteiger partial charge in [-0.1, -0.05) is 11.6 Å². The summed E-state index contributed by atoms with van der Waals surface area (Å²) in [4.78, 5) is 15.8. The number of carbonyl (C=O) groups is 1. The Morgan fingerprint density at radius 2 is 1.92 bits per heavy atom. The number of nitrogens with one attached hydrogen (secondary N) is 2. The molecule has 6 nitrogen and oxygen atoms in total. The monoisotopic (exact) mass is 371 g/mol. The van der Waals surface area contributed by atoms with Crippen LogP contribution in [-0.4, -0.2) is 43.7 Å². The normalized spacial score (nSPS) is 14.7. The number of phenols is 1. The fraction of sp³-hybridized carbons (Fsp3) is 0.263. The maximum absolute atomic E-state index is 12.3. The molecular formula is C19H20ClN4O2+. The SMILES string of the molecule is N#Cc1ccc(Cl)cc1NC(=O)C[NH+]1CCN(c2ccc(O)cc2)CC1. The minimum Gasteiger partial charge on any atom is -0.508 e. The van der Waals surface area contributed by atoms with Crippen molar-refractivity contribution in [1.82, 2.24) is 0 Å². The first-order valence-corrected chi connectivity index (χ1v) is 8.80. The highest BCUT2D eigenvalue weighted by Gasteiger charge is 2.22. The van der Waals surface area contributed by atoms with Gasteiger partial charge in [0.15, 0.2) is 6.54 Å². The number of halogens is 1. The van der Waals surface area contributed by atoms with E-state index < -0.39 is 0 Å². The second-order valence-corrected chi connectivity index (χ2v) is 6.72. The number of quaternary nitrogens is 1.